The topological polar surface area (TPSA) is 78.6 Å². The van der Waals surface area contributed by atoms with Crippen LogP contribution in [0.1, 0.15) is 5.82 Å². The van der Waals surface area contributed by atoms with Crippen LogP contribution in [0.4, 0.5) is 23.0 Å². The molecule has 3 rings (SSSR count). The first-order valence-corrected chi connectivity index (χ1v) is 8.21. The number of nitro groups is 1. The van der Waals surface area contributed by atoms with Crippen molar-refractivity contribution in [3.05, 3.63) is 46.3 Å². The van der Waals surface area contributed by atoms with Crippen LogP contribution in [-0.2, 0) is 0 Å². The van der Waals surface area contributed by atoms with Gasteiger partial charge in [0.25, 0.3) is 5.69 Å². The van der Waals surface area contributed by atoms with E-state index < -0.39 is 4.92 Å². The molecule has 0 bridgehead atoms. The van der Waals surface area contributed by atoms with Gasteiger partial charge in [-0.2, -0.15) is 0 Å². The maximum absolute atomic E-state index is 11.0. The summed E-state index contributed by atoms with van der Waals surface area (Å²) in [6.45, 7) is 5.71. The minimum absolute atomic E-state index is 0.0643. The third-order valence-corrected chi connectivity index (χ3v) is 4.41. The summed E-state index contributed by atoms with van der Waals surface area (Å²) in [6.07, 6.45) is 0. The largest absolute Gasteiger partial charge is 0.354 e. The molecule has 1 aromatic heterocycles. The highest BCUT2D eigenvalue weighted by Crippen LogP contribution is 2.27. The minimum atomic E-state index is -0.391. The molecule has 0 saturated carbocycles. The molecule has 0 unspecified atom stereocenters. The standard InChI is InChI=1S/C17H22N6O2/c1-13-18-16(12-17(19-13)22-9-7-20(2)8-10-22)21(3)14-5-4-6-15(11-14)23(24)25/h4-6,11-12H,7-10H2,1-3H3. The quantitative estimate of drug-likeness (QED) is 0.622. The van der Waals surface area contributed by atoms with Crippen LogP contribution in [0.2, 0.25) is 0 Å². The van der Waals surface area contributed by atoms with Gasteiger partial charge in [0.05, 0.1) is 4.92 Å². The Kier molecular flexibility index (Phi) is 4.80. The van der Waals surface area contributed by atoms with Crippen molar-refractivity contribution in [3.63, 3.8) is 0 Å². The molecule has 132 valence electrons. The molecule has 0 radical (unpaired) electrons. The monoisotopic (exact) mass is 342 g/mol. The summed E-state index contributed by atoms with van der Waals surface area (Å²) in [6, 6.07) is 8.49. The Morgan fingerprint density at radius 1 is 1.16 bits per heavy atom. The van der Waals surface area contributed by atoms with Gasteiger partial charge in [-0.3, -0.25) is 10.1 Å². The fourth-order valence-corrected chi connectivity index (χ4v) is 2.85. The van der Waals surface area contributed by atoms with E-state index in [1.807, 2.05) is 31.0 Å². The van der Waals surface area contributed by atoms with E-state index >= 15 is 0 Å². The number of anilines is 3. The average molecular weight is 342 g/mol. The average Bonchev–Trinajstić information content (AvgIpc) is 2.61. The van der Waals surface area contributed by atoms with Crippen LogP contribution in [-0.4, -0.2) is 60.1 Å². The zero-order valence-electron chi connectivity index (χ0n) is 14.7. The second-order valence-corrected chi connectivity index (χ2v) is 6.26. The zero-order valence-corrected chi connectivity index (χ0v) is 14.7. The summed E-state index contributed by atoms with van der Waals surface area (Å²) in [7, 11) is 3.97. The normalized spacial score (nSPS) is 15.2. The van der Waals surface area contributed by atoms with Crippen LogP contribution in [0, 0.1) is 17.0 Å². The molecule has 1 saturated heterocycles. The van der Waals surface area contributed by atoms with Gasteiger partial charge in [-0.25, -0.2) is 9.97 Å². The lowest BCUT2D eigenvalue weighted by Gasteiger charge is -2.33. The number of rotatable bonds is 4. The van der Waals surface area contributed by atoms with E-state index in [2.05, 4.69) is 26.8 Å². The predicted octanol–water partition coefficient (Wildman–Crippen LogP) is 2.21. The summed E-state index contributed by atoms with van der Waals surface area (Å²) in [4.78, 5) is 26.1. The molecule has 0 N–H and O–H groups in total. The SMILES string of the molecule is Cc1nc(N2CCN(C)CC2)cc(N(C)c2cccc([N+](=O)[O-])c2)n1. The maximum Gasteiger partial charge on any atom is 0.271 e. The fraction of sp³-hybridized carbons (Fsp3) is 0.412. The lowest BCUT2D eigenvalue weighted by atomic mass is 10.2. The highest BCUT2D eigenvalue weighted by molar-refractivity contribution is 5.64. The Labute approximate surface area is 146 Å². The van der Waals surface area contributed by atoms with Gasteiger partial charge in [0.15, 0.2) is 0 Å². The number of benzene rings is 1. The van der Waals surface area contributed by atoms with Gasteiger partial charge >= 0.3 is 0 Å². The van der Waals surface area contributed by atoms with Gasteiger partial charge in [-0.15, -0.1) is 0 Å². The molecule has 0 amide bonds. The summed E-state index contributed by atoms with van der Waals surface area (Å²) in [5, 5.41) is 11.0. The second kappa shape index (κ2) is 7.02. The van der Waals surface area contributed by atoms with Crippen LogP contribution in [0.25, 0.3) is 0 Å². The second-order valence-electron chi connectivity index (χ2n) is 6.26. The third-order valence-electron chi connectivity index (χ3n) is 4.41. The molecule has 1 aliphatic heterocycles. The van der Waals surface area contributed by atoms with Gasteiger partial charge in [0.1, 0.15) is 17.5 Å². The molecule has 2 aromatic rings. The Balaban J connectivity index is 1.89. The molecule has 1 aromatic carbocycles. The van der Waals surface area contributed by atoms with Crippen molar-refractivity contribution < 1.29 is 4.92 Å². The minimum Gasteiger partial charge on any atom is -0.354 e. The van der Waals surface area contributed by atoms with Crippen molar-refractivity contribution in [1.82, 2.24) is 14.9 Å². The predicted molar refractivity (Wildman–Crippen MR) is 97.6 cm³/mol. The van der Waals surface area contributed by atoms with Gasteiger partial charge in [-0.05, 0) is 20.0 Å². The van der Waals surface area contributed by atoms with E-state index in [-0.39, 0.29) is 5.69 Å². The van der Waals surface area contributed by atoms with Crippen molar-refractivity contribution in [2.45, 2.75) is 6.92 Å². The first-order valence-electron chi connectivity index (χ1n) is 8.21. The molecule has 0 spiro atoms. The van der Waals surface area contributed by atoms with E-state index in [0.29, 0.717) is 5.82 Å². The lowest BCUT2D eigenvalue weighted by molar-refractivity contribution is -0.384. The van der Waals surface area contributed by atoms with E-state index in [4.69, 9.17) is 0 Å². The van der Waals surface area contributed by atoms with Crippen molar-refractivity contribution >= 4 is 23.0 Å². The molecule has 1 aliphatic rings. The van der Waals surface area contributed by atoms with Crippen molar-refractivity contribution in [3.8, 4) is 0 Å². The molecular formula is C17H22N6O2. The summed E-state index contributed by atoms with van der Waals surface area (Å²) in [5.41, 5.74) is 0.783. The maximum atomic E-state index is 11.0. The highest BCUT2D eigenvalue weighted by atomic mass is 16.6. The van der Waals surface area contributed by atoms with Gasteiger partial charge in [0, 0.05) is 57.1 Å². The molecular weight excluding hydrogens is 320 g/mol. The Morgan fingerprint density at radius 2 is 1.88 bits per heavy atom. The Hall–Kier alpha value is -2.74. The molecule has 2 heterocycles. The van der Waals surface area contributed by atoms with E-state index in [1.54, 1.807) is 12.1 Å². The number of nitrogens with zero attached hydrogens (tertiary/aromatic N) is 6. The number of aryl methyl sites for hydroxylation is 1. The summed E-state index contributed by atoms with van der Waals surface area (Å²) in [5.74, 6) is 2.30. The number of piperazine rings is 1. The van der Waals surface area contributed by atoms with E-state index in [9.17, 15) is 10.1 Å². The first kappa shape index (κ1) is 17.1. The van der Waals surface area contributed by atoms with E-state index in [1.165, 1.54) is 6.07 Å². The third kappa shape index (κ3) is 3.85. The lowest BCUT2D eigenvalue weighted by Crippen LogP contribution is -2.45. The Morgan fingerprint density at radius 3 is 2.56 bits per heavy atom. The van der Waals surface area contributed by atoms with Crippen LogP contribution in [0.5, 0.6) is 0 Å². The van der Waals surface area contributed by atoms with Crippen LogP contribution in [0.3, 0.4) is 0 Å². The zero-order chi connectivity index (χ0) is 18.0. The molecule has 0 aliphatic carbocycles. The van der Waals surface area contributed by atoms with Gasteiger partial charge in [0.2, 0.25) is 0 Å². The van der Waals surface area contributed by atoms with Gasteiger partial charge < -0.3 is 14.7 Å². The number of non-ortho nitro benzene ring substituents is 1. The number of nitro benzene ring substituents is 1. The van der Waals surface area contributed by atoms with Crippen molar-refractivity contribution in [1.29, 1.82) is 0 Å². The molecule has 8 nitrogen and oxygen atoms in total. The highest BCUT2D eigenvalue weighted by Gasteiger charge is 2.18. The smallest absolute Gasteiger partial charge is 0.271 e. The molecule has 1 fully saturated rings. The Bertz CT molecular complexity index is 773. The van der Waals surface area contributed by atoms with Crippen LogP contribution in [0.15, 0.2) is 30.3 Å². The number of hydrogen-bond donors (Lipinski definition) is 0. The van der Waals surface area contributed by atoms with Crippen LogP contribution >= 0.6 is 0 Å². The number of likely N-dealkylation sites (N-methyl/N-ethyl adjacent to an activating group) is 1. The summed E-state index contributed by atoms with van der Waals surface area (Å²) < 4.78 is 0. The number of hydrogen-bond acceptors (Lipinski definition) is 7. The first-order chi connectivity index (χ1) is 11.9. The summed E-state index contributed by atoms with van der Waals surface area (Å²) >= 11 is 0. The van der Waals surface area contributed by atoms with Crippen LogP contribution < -0.4 is 9.80 Å². The van der Waals surface area contributed by atoms with Gasteiger partial charge in [-0.1, -0.05) is 6.07 Å². The fourth-order valence-electron chi connectivity index (χ4n) is 2.85. The van der Waals surface area contributed by atoms with Crippen molar-refractivity contribution in [2.75, 3.05) is 50.1 Å². The van der Waals surface area contributed by atoms with E-state index in [0.717, 1.165) is 43.5 Å². The molecule has 8 heteroatoms. The number of aromatic nitrogens is 2. The molecule has 25 heavy (non-hydrogen) atoms. The molecule has 0 atom stereocenters. The van der Waals surface area contributed by atoms with Crippen molar-refractivity contribution in [2.24, 2.45) is 0 Å².